The summed E-state index contributed by atoms with van der Waals surface area (Å²) in [5.74, 6) is -1.53. The highest BCUT2D eigenvalue weighted by Crippen LogP contribution is 2.14. The molecule has 150 valence electrons. The molecule has 0 spiro atoms. The summed E-state index contributed by atoms with van der Waals surface area (Å²) in [6.07, 6.45) is 0. The summed E-state index contributed by atoms with van der Waals surface area (Å²) in [4.78, 5) is 14.4. The van der Waals surface area contributed by atoms with Crippen molar-refractivity contribution in [3.8, 4) is 0 Å². The first-order chi connectivity index (χ1) is 13.4. The first-order valence-electron chi connectivity index (χ1n) is 9.06. The lowest BCUT2D eigenvalue weighted by Gasteiger charge is -2.18. The van der Waals surface area contributed by atoms with Crippen LogP contribution in [0.15, 0.2) is 42.5 Å². The summed E-state index contributed by atoms with van der Waals surface area (Å²) >= 11 is 5.14. The van der Waals surface area contributed by atoms with E-state index < -0.39 is 11.6 Å². The Hall–Kier alpha value is -2.58. The van der Waals surface area contributed by atoms with Crippen LogP contribution in [0, 0.1) is 11.6 Å². The molecule has 2 aromatic rings. The molecule has 0 aliphatic heterocycles. The summed E-state index contributed by atoms with van der Waals surface area (Å²) < 4.78 is 26.4. The fraction of sp³-hybridized carbons (Fsp3) is 0.300. The summed E-state index contributed by atoms with van der Waals surface area (Å²) in [5, 5.41) is 8.69. The number of likely N-dealkylation sites (N-methyl/N-ethyl adjacent to an activating group) is 1. The van der Waals surface area contributed by atoms with Gasteiger partial charge >= 0.3 is 0 Å². The van der Waals surface area contributed by atoms with Crippen LogP contribution in [0.1, 0.15) is 24.2 Å². The van der Waals surface area contributed by atoms with Gasteiger partial charge in [-0.1, -0.05) is 13.8 Å². The number of thiocarbonyl (C=S) groups is 1. The molecule has 5 nitrogen and oxygen atoms in total. The smallest absolute Gasteiger partial charge is 0.251 e. The molecular weight excluding hydrogens is 382 g/mol. The van der Waals surface area contributed by atoms with Crippen molar-refractivity contribution < 1.29 is 13.6 Å². The van der Waals surface area contributed by atoms with Crippen LogP contribution in [0.2, 0.25) is 0 Å². The van der Waals surface area contributed by atoms with Gasteiger partial charge in [0.15, 0.2) is 5.11 Å². The zero-order valence-corrected chi connectivity index (χ0v) is 16.7. The molecule has 2 rings (SSSR count). The molecule has 2 aromatic carbocycles. The molecule has 8 heteroatoms. The van der Waals surface area contributed by atoms with Gasteiger partial charge in [0.05, 0.1) is 0 Å². The number of carbonyl (C=O) groups is 1. The number of amides is 1. The van der Waals surface area contributed by atoms with Gasteiger partial charge in [-0.15, -0.1) is 0 Å². The quantitative estimate of drug-likeness (QED) is 0.582. The molecule has 3 N–H and O–H groups in total. The summed E-state index contributed by atoms with van der Waals surface area (Å²) in [6.45, 7) is 7.45. The Balaban J connectivity index is 1.86. The maximum absolute atomic E-state index is 13.2. The Bertz CT molecular complexity index is 790. The molecule has 0 heterocycles. The van der Waals surface area contributed by atoms with E-state index in [4.69, 9.17) is 12.2 Å². The van der Waals surface area contributed by atoms with E-state index in [1.807, 2.05) is 0 Å². The molecule has 1 amide bonds. The zero-order chi connectivity index (χ0) is 20.5. The van der Waals surface area contributed by atoms with Gasteiger partial charge in [-0.25, -0.2) is 8.78 Å². The average Bonchev–Trinajstić information content (AvgIpc) is 2.64. The third-order valence-electron chi connectivity index (χ3n) is 4.13. The van der Waals surface area contributed by atoms with Gasteiger partial charge in [-0.3, -0.25) is 4.79 Å². The van der Waals surface area contributed by atoms with Crippen molar-refractivity contribution in [3.63, 3.8) is 0 Å². The van der Waals surface area contributed by atoms with E-state index in [0.29, 0.717) is 17.8 Å². The Labute approximate surface area is 169 Å². The van der Waals surface area contributed by atoms with Gasteiger partial charge in [-0.2, -0.15) is 0 Å². The van der Waals surface area contributed by atoms with Gasteiger partial charge in [0.25, 0.3) is 5.91 Å². The van der Waals surface area contributed by atoms with Crippen LogP contribution in [-0.2, 0) is 0 Å². The first kappa shape index (κ1) is 21.7. The van der Waals surface area contributed by atoms with Crippen molar-refractivity contribution in [1.82, 2.24) is 10.2 Å². The average molecular weight is 407 g/mol. The lowest BCUT2D eigenvalue weighted by Crippen LogP contribution is -2.34. The van der Waals surface area contributed by atoms with Crippen LogP contribution in [0.5, 0.6) is 0 Å². The minimum atomic E-state index is -0.693. The number of anilines is 2. The van der Waals surface area contributed by atoms with E-state index in [1.54, 1.807) is 24.3 Å². The zero-order valence-electron chi connectivity index (χ0n) is 15.9. The van der Waals surface area contributed by atoms with E-state index in [0.717, 1.165) is 37.8 Å². The highest BCUT2D eigenvalue weighted by atomic mass is 32.1. The molecular formula is C20H24F2N4OS. The first-order valence-corrected chi connectivity index (χ1v) is 9.46. The molecule has 0 saturated heterocycles. The van der Waals surface area contributed by atoms with Gasteiger partial charge in [-0.05, 0) is 61.7 Å². The number of hydrogen-bond acceptors (Lipinski definition) is 3. The molecule has 0 bridgehead atoms. The number of nitrogens with zero attached hydrogens (tertiary/aromatic N) is 1. The fourth-order valence-corrected chi connectivity index (χ4v) is 2.83. The highest BCUT2D eigenvalue weighted by molar-refractivity contribution is 7.80. The van der Waals surface area contributed by atoms with E-state index in [9.17, 15) is 13.6 Å². The second-order valence-electron chi connectivity index (χ2n) is 6.10. The number of nitrogens with one attached hydrogen (secondary N) is 3. The number of hydrogen-bond donors (Lipinski definition) is 3. The van der Waals surface area contributed by atoms with Crippen LogP contribution >= 0.6 is 12.2 Å². The van der Waals surface area contributed by atoms with Crippen molar-refractivity contribution in [2.75, 3.05) is 36.8 Å². The molecule has 0 aliphatic carbocycles. The van der Waals surface area contributed by atoms with E-state index >= 15 is 0 Å². The highest BCUT2D eigenvalue weighted by Gasteiger charge is 2.07. The molecule has 28 heavy (non-hydrogen) atoms. The topological polar surface area (TPSA) is 56.4 Å². The van der Waals surface area contributed by atoms with Gasteiger partial charge < -0.3 is 20.9 Å². The van der Waals surface area contributed by atoms with E-state index in [2.05, 4.69) is 34.7 Å². The van der Waals surface area contributed by atoms with Crippen LogP contribution in [0.25, 0.3) is 0 Å². The fourth-order valence-electron chi connectivity index (χ4n) is 2.59. The molecule has 0 atom stereocenters. The van der Waals surface area contributed by atoms with Crippen molar-refractivity contribution >= 4 is 34.6 Å². The maximum Gasteiger partial charge on any atom is 0.251 e. The van der Waals surface area contributed by atoms with Crippen molar-refractivity contribution in [2.45, 2.75) is 13.8 Å². The minimum absolute atomic E-state index is 0.144. The van der Waals surface area contributed by atoms with Crippen molar-refractivity contribution in [3.05, 3.63) is 59.7 Å². The molecule has 0 aromatic heterocycles. The van der Waals surface area contributed by atoms with E-state index in [-0.39, 0.29) is 16.7 Å². The predicted octanol–water partition coefficient (Wildman–Crippen LogP) is 3.85. The Morgan fingerprint density at radius 1 is 0.964 bits per heavy atom. The van der Waals surface area contributed by atoms with Gasteiger partial charge in [0.1, 0.15) is 11.6 Å². The minimum Gasteiger partial charge on any atom is -0.351 e. The van der Waals surface area contributed by atoms with Crippen LogP contribution in [0.4, 0.5) is 20.2 Å². The monoisotopic (exact) mass is 406 g/mol. The normalized spacial score (nSPS) is 10.6. The second-order valence-corrected chi connectivity index (χ2v) is 6.51. The Kier molecular flexibility index (Phi) is 8.28. The van der Waals surface area contributed by atoms with Crippen LogP contribution in [0.3, 0.4) is 0 Å². The van der Waals surface area contributed by atoms with Crippen LogP contribution in [-0.4, -0.2) is 42.1 Å². The van der Waals surface area contributed by atoms with Gasteiger partial charge in [0.2, 0.25) is 0 Å². The molecule has 0 saturated carbocycles. The Morgan fingerprint density at radius 2 is 1.54 bits per heavy atom. The van der Waals surface area contributed by atoms with Crippen molar-refractivity contribution in [1.29, 1.82) is 0 Å². The largest absolute Gasteiger partial charge is 0.351 e. The third kappa shape index (κ3) is 6.86. The van der Waals surface area contributed by atoms with Crippen LogP contribution < -0.4 is 16.0 Å². The number of benzene rings is 2. The Morgan fingerprint density at radius 3 is 2.11 bits per heavy atom. The van der Waals surface area contributed by atoms with E-state index in [1.165, 1.54) is 0 Å². The SMILES string of the molecule is CCN(CC)CCNC(=O)c1ccc(NC(=S)Nc2cc(F)cc(F)c2)cc1. The maximum atomic E-state index is 13.2. The van der Waals surface area contributed by atoms with Crippen molar-refractivity contribution in [2.24, 2.45) is 0 Å². The lowest BCUT2D eigenvalue weighted by atomic mass is 10.2. The third-order valence-corrected chi connectivity index (χ3v) is 4.34. The lowest BCUT2D eigenvalue weighted by molar-refractivity contribution is 0.0949. The predicted molar refractivity (Wildman–Crippen MR) is 113 cm³/mol. The summed E-state index contributed by atoms with van der Waals surface area (Å²) in [7, 11) is 0. The number of rotatable bonds is 8. The molecule has 0 unspecified atom stereocenters. The summed E-state index contributed by atoms with van der Waals surface area (Å²) in [5.41, 5.74) is 1.39. The molecule has 0 radical (unpaired) electrons. The number of carbonyl (C=O) groups excluding carboxylic acids is 1. The van der Waals surface area contributed by atoms with Gasteiger partial charge in [0, 0.05) is 36.1 Å². The second kappa shape index (κ2) is 10.7. The number of halogens is 2. The molecule has 0 aliphatic rings. The standard InChI is InChI=1S/C20H24F2N4OS/c1-3-26(4-2)10-9-23-19(27)14-5-7-17(8-6-14)24-20(28)25-18-12-15(21)11-16(22)13-18/h5-8,11-13H,3-4,9-10H2,1-2H3,(H,23,27)(H2,24,25,28). The molecule has 0 fully saturated rings. The summed E-state index contributed by atoms with van der Waals surface area (Å²) in [6, 6.07) is 9.84.